The highest BCUT2D eigenvalue weighted by molar-refractivity contribution is 5.83. The molecule has 0 bridgehead atoms. The average Bonchev–Trinajstić information content (AvgIpc) is 2.15. The third-order valence-electron chi connectivity index (χ3n) is 2.99. The second kappa shape index (κ2) is 3.80. The molecular weight excluding hydrogens is 182 g/mol. The van der Waals surface area contributed by atoms with Crippen molar-refractivity contribution in [1.82, 2.24) is 0 Å². The standard InChI is InChI=1S/C14H19N/c1-11(2)8-14(3)9-12-6-4-5-7-13(12)10-15-14/h4-7,10-11H,8-9H2,1-3H3. The van der Waals surface area contributed by atoms with Gasteiger partial charge in [0.05, 0.1) is 5.54 Å². The van der Waals surface area contributed by atoms with Crippen LogP contribution in [0.15, 0.2) is 29.3 Å². The lowest BCUT2D eigenvalue weighted by atomic mass is 9.82. The first kappa shape index (κ1) is 10.4. The molecule has 1 aliphatic rings. The topological polar surface area (TPSA) is 12.4 Å². The molecule has 15 heavy (non-hydrogen) atoms. The summed E-state index contributed by atoms with van der Waals surface area (Å²) in [6.45, 7) is 6.79. The van der Waals surface area contributed by atoms with E-state index in [1.807, 2.05) is 6.21 Å². The van der Waals surface area contributed by atoms with Crippen LogP contribution in [0.1, 0.15) is 38.3 Å². The summed E-state index contributed by atoms with van der Waals surface area (Å²) in [4.78, 5) is 4.72. The third-order valence-corrected chi connectivity index (χ3v) is 2.99. The largest absolute Gasteiger partial charge is 0.286 e. The van der Waals surface area contributed by atoms with E-state index in [2.05, 4.69) is 45.0 Å². The number of hydrogen-bond donors (Lipinski definition) is 0. The van der Waals surface area contributed by atoms with Crippen molar-refractivity contribution in [3.63, 3.8) is 0 Å². The maximum Gasteiger partial charge on any atom is 0.0623 e. The molecule has 0 aliphatic carbocycles. The second-order valence-corrected chi connectivity index (χ2v) is 5.23. The Morgan fingerprint density at radius 3 is 2.80 bits per heavy atom. The van der Waals surface area contributed by atoms with E-state index in [-0.39, 0.29) is 5.54 Å². The molecule has 0 saturated heterocycles. The summed E-state index contributed by atoms with van der Waals surface area (Å²) >= 11 is 0. The van der Waals surface area contributed by atoms with Crippen LogP contribution in [-0.4, -0.2) is 11.8 Å². The van der Waals surface area contributed by atoms with Gasteiger partial charge < -0.3 is 0 Å². The Morgan fingerprint density at radius 2 is 2.07 bits per heavy atom. The molecule has 1 heteroatoms. The molecule has 0 N–H and O–H groups in total. The van der Waals surface area contributed by atoms with E-state index < -0.39 is 0 Å². The van der Waals surface area contributed by atoms with Crippen molar-refractivity contribution in [2.45, 2.75) is 39.2 Å². The lowest BCUT2D eigenvalue weighted by Crippen LogP contribution is -2.30. The summed E-state index contributed by atoms with van der Waals surface area (Å²) in [5.41, 5.74) is 2.84. The molecule has 0 amide bonds. The van der Waals surface area contributed by atoms with E-state index in [4.69, 9.17) is 4.99 Å². The molecule has 1 nitrogen and oxygen atoms in total. The van der Waals surface area contributed by atoms with Gasteiger partial charge in [-0.1, -0.05) is 38.1 Å². The molecule has 2 rings (SSSR count). The summed E-state index contributed by atoms with van der Waals surface area (Å²) in [6, 6.07) is 8.57. The predicted molar refractivity (Wildman–Crippen MR) is 65.6 cm³/mol. The number of aliphatic imine (C=N–C) groups is 1. The van der Waals surface area contributed by atoms with Gasteiger partial charge in [-0.05, 0) is 36.8 Å². The van der Waals surface area contributed by atoms with Crippen molar-refractivity contribution in [2.75, 3.05) is 0 Å². The van der Waals surface area contributed by atoms with Gasteiger partial charge in [-0.2, -0.15) is 0 Å². The summed E-state index contributed by atoms with van der Waals surface area (Å²) < 4.78 is 0. The first-order valence-corrected chi connectivity index (χ1v) is 5.72. The maximum absolute atomic E-state index is 4.72. The number of benzene rings is 1. The van der Waals surface area contributed by atoms with Crippen LogP contribution in [-0.2, 0) is 6.42 Å². The van der Waals surface area contributed by atoms with Crippen LogP contribution < -0.4 is 0 Å². The number of rotatable bonds is 2. The lowest BCUT2D eigenvalue weighted by molar-refractivity contribution is 0.368. The first-order valence-electron chi connectivity index (χ1n) is 5.72. The zero-order valence-electron chi connectivity index (χ0n) is 9.83. The molecule has 1 aromatic carbocycles. The normalized spacial score (nSPS) is 24.3. The molecule has 0 spiro atoms. The van der Waals surface area contributed by atoms with Crippen molar-refractivity contribution in [2.24, 2.45) is 10.9 Å². The molecule has 80 valence electrons. The summed E-state index contributed by atoms with van der Waals surface area (Å²) in [7, 11) is 0. The Balaban J connectivity index is 2.25. The van der Waals surface area contributed by atoms with Crippen molar-refractivity contribution < 1.29 is 0 Å². The third kappa shape index (κ3) is 2.28. The maximum atomic E-state index is 4.72. The number of fused-ring (bicyclic) bond motifs is 1. The van der Waals surface area contributed by atoms with Crippen LogP contribution in [0.25, 0.3) is 0 Å². The van der Waals surface area contributed by atoms with Gasteiger partial charge in [0.1, 0.15) is 0 Å². The van der Waals surface area contributed by atoms with E-state index in [0.29, 0.717) is 5.92 Å². The molecule has 1 atom stereocenters. The van der Waals surface area contributed by atoms with Crippen LogP contribution in [0, 0.1) is 5.92 Å². The highest BCUT2D eigenvalue weighted by Crippen LogP contribution is 2.29. The quantitative estimate of drug-likeness (QED) is 0.694. The summed E-state index contributed by atoms with van der Waals surface area (Å²) in [6.07, 6.45) is 4.29. The van der Waals surface area contributed by atoms with E-state index in [1.165, 1.54) is 11.1 Å². The number of hydrogen-bond acceptors (Lipinski definition) is 1. The lowest BCUT2D eigenvalue weighted by Gasteiger charge is -2.31. The fourth-order valence-electron chi connectivity index (χ4n) is 2.51. The Bertz CT molecular complexity index is 379. The minimum absolute atomic E-state index is 0.114. The van der Waals surface area contributed by atoms with Crippen LogP contribution in [0.2, 0.25) is 0 Å². The van der Waals surface area contributed by atoms with Crippen molar-refractivity contribution >= 4 is 6.21 Å². The molecule has 0 radical (unpaired) electrons. The Hall–Kier alpha value is -1.11. The average molecular weight is 201 g/mol. The molecule has 1 heterocycles. The molecule has 0 aromatic heterocycles. The first-order chi connectivity index (χ1) is 7.09. The monoisotopic (exact) mass is 201 g/mol. The highest BCUT2D eigenvalue weighted by Gasteiger charge is 2.27. The Morgan fingerprint density at radius 1 is 1.33 bits per heavy atom. The zero-order valence-corrected chi connectivity index (χ0v) is 9.83. The van der Waals surface area contributed by atoms with Gasteiger partial charge in [0, 0.05) is 6.21 Å². The minimum Gasteiger partial charge on any atom is -0.286 e. The van der Waals surface area contributed by atoms with Gasteiger partial charge in [0.15, 0.2) is 0 Å². The van der Waals surface area contributed by atoms with Gasteiger partial charge in [-0.25, -0.2) is 0 Å². The molecule has 1 unspecified atom stereocenters. The van der Waals surface area contributed by atoms with Gasteiger partial charge >= 0.3 is 0 Å². The fourth-order valence-corrected chi connectivity index (χ4v) is 2.51. The predicted octanol–water partition coefficient (Wildman–Crippen LogP) is 3.47. The van der Waals surface area contributed by atoms with Gasteiger partial charge in [-0.3, -0.25) is 4.99 Å². The molecule has 0 saturated carbocycles. The summed E-state index contributed by atoms with van der Waals surface area (Å²) in [5.74, 6) is 0.706. The smallest absolute Gasteiger partial charge is 0.0623 e. The van der Waals surface area contributed by atoms with Gasteiger partial charge in [-0.15, -0.1) is 0 Å². The van der Waals surface area contributed by atoms with Crippen molar-refractivity contribution in [3.8, 4) is 0 Å². The van der Waals surface area contributed by atoms with Gasteiger partial charge in [0.2, 0.25) is 0 Å². The van der Waals surface area contributed by atoms with Crippen LogP contribution >= 0.6 is 0 Å². The summed E-state index contributed by atoms with van der Waals surface area (Å²) in [5, 5.41) is 0. The zero-order chi connectivity index (χ0) is 10.9. The molecule has 0 fully saturated rings. The van der Waals surface area contributed by atoms with Crippen LogP contribution in [0.4, 0.5) is 0 Å². The van der Waals surface area contributed by atoms with E-state index in [9.17, 15) is 0 Å². The van der Waals surface area contributed by atoms with Crippen LogP contribution in [0.5, 0.6) is 0 Å². The number of nitrogens with zero attached hydrogens (tertiary/aromatic N) is 1. The van der Waals surface area contributed by atoms with Gasteiger partial charge in [0.25, 0.3) is 0 Å². The van der Waals surface area contributed by atoms with Crippen molar-refractivity contribution in [3.05, 3.63) is 35.4 Å². The molecule has 1 aliphatic heterocycles. The Kier molecular flexibility index (Phi) is 2.64. The minimum atomic E-state index is 0.114. The van der Waals surface area contributed by atoms with Crippen molar-refractivity contribution in [1.29, 1.82) is 0 Å². The van der Waals surface area contributed by atoms with E-state index in [0.717, 1.165) is 12.8 Å². The van der Waals surface area contributed by atoms with Crippen LogP contribution in [0.3, 0.4) is 0 Å². The Labute approximate surface area is 92.2 Å². The van der Waals surface area contributed by atoms with E-state index >= 15 is 0 Å². The molecule has 1 aromatic rings. The van der Waals surface area contributed by atoms with E-state index in [1.54, 1.807) is 0 Å². The SMILES string of the molecule is CC(C)CC1(C)Cc2ccccc2C=N1. The second-order valence-electron chi connectivity index (χ2n) is 5.23. The fraction of sp³-hybridized carbons (Fsp3) is 0.500. The molecular formula is C14H19N. The highest BCUT2D eigenvalue weighted by atomic mass is 14.8.